The lowest BCUT2D eigenvalue weighted by atomic mass is 10.1. The van der Waals surface area contributed by atoms with Crippen LogP contribution in [-0.2, 0) is 4.79 Å². The van der Waals surface area contributed by atoms with Gasteiger partial charge >= 0.3 is 0 Å². The zero-order chi connectivity index (χ0) is 17.8. The highest BCUT2D eigenvalue weighted by Crippen LogP contribution is 2.23. The van der Waals surface area contributed by atoms with E-state index >= 15 is 0 Å². The summed E-state index contributed by atoms with van der Waals surface area (Å²) in [7, 11) is 0. The number of aromatic nitrogens is 4. The van der Waals surface area contributed by atoms with Gasteiger partial charge < -0.3 is 5.32 Å². The van der Waals surface area contributed by atoms with Gasteiger partial charge in [-0.2, -0.15) is 4.68 Å². The van der Waals surface area contributed by atoms with Crippen molar-refractivity contribution >= 4 is 23.4 Å². The Bertz CT molecular complexity index is 868. The third kappa shape index (κ3) is 4.06. The molecular weight excluding hydrogens is 334 g/mol. The van der Waals surface area contributed by atoms with Gasteiger partial charge in [0.1, 0.15) is 0 Å². The molecule has 0 saturated heterocycles. The zero-order valence-corrected chi connectivity index (χ0v) is 15.2. The number of amides is 1. The number of nitrogens with zero attached hydrogens (tertiary/aromatic N) is 4. The summed E-state index contributed by atoms with van der Waals surface area (Å²) in [6.07, 6.45) is 0. The van der Waals surface area contributed by atoms with E-state index in [1.807, 2.05) is 63.2 Å². The third-order valence-corrected chi connectivity index (χ3v) is 4.68. The van der Waals surface area contributed by atoms with E-state index in [1.165, 1.54) is 11.8 Å². The molecule has 1 heterocycles. The van der Waals surface area contributed by atoms with Crippen LogP contribution in [0.15, 0.2) is 47.6 Å². The van der Waals surface area contributed by atoms with Gasteiger partial charge in [0.05, 0.1) is 11.4 Å². The maximum Gasteiger partial charge on any atom is 0.234 e. The van der Waals surface area contributed by atoms with Gasteiger partial charge in [-0.1, -0.05) is 47.7 Å². The van der Waals surface area contributed by atoms with E-state index in [2.05, 4.69) is 20.8 Å². The first-order valence-corrected chi connectivity index (χ1v) is 8.87. The van der Waals surface area contributed by atoms with E-state index < -0.39 is 0 Å². The number of tetrazole rings is 1. The molecule has 3 rings (SSSR count). The highest BCUT2D eigenvalue weighted by Gasteiger charge is 2.14. The van der Waals surface area contributed by atoms with Crippen LogP contribution < -0.4 is 5.32 Å². The standard InChI is InChI=1S/C18H19N5OS/c1-12-7-9-15(10-8-12)19-16(24)11-25-18-20-21-22-23(18)17-13(2)5-4-6-14(17)3/h4-10H,11H2,1-3H3,(H,19,24). The maximum absolute atomic E-state index is 12.2. The second-order valence-electron chi connectivity index (χ2n) is 5.82. The van der Waals surface area contributed by atoms with Gasteiger partial charge in [0.2, 0.25) is 11.1 Å². The van der Waals surface area contributed by atoms with Gasteiger partial charge in [-0.3, -0.25) is 4.79 Å². The summed E-state index contributed by atoms with van der Waals surface area (Å²) in [6, 6.07) is 13.7. The van der Waals surface area contributed by atoms with Crippen molar-refractivity contribution in [2.45, 2.75) is 25.9 Å². The predicted octanol–water partition coefficient (Wildman–Crippen LogP) is 3.32. The Hall–Kier alpha value is -2.67. The fraction of sp³-hybridized carbons (Fsp3) is 0.222. The third-order valence-electron chi connectivity index (χ3n) is 3.76. The molecule has 0 fully saturated rings. The smallest absolute Gasteiger partial charge is 0.234 e. The van der Waals surface area contributed by atoms with Crippen molar-refractivity contribution < 1.29 is 4.79 Å². The molecule has 3 aromatic rings. The van der Waals surface area contributed by atoms with E-state index in [-0.39, 0.29) is 11.7 Å². The second kappa shape index (κ2) is 7.48. The maximum atomic E-state index is 12.2. The largest absolute Gasteiger partial charge is 0.325 e. The molecule has 6 nitrogen and oxygen atoms in total. The number of para-hydroxylation sites is 1. The van der Waals surface area contributed by atoms with E-state index in [0.29, 0.717) is 5.16 Å². The Kier molecular flexibility index (Phi) is 5.14. The highest BCUT2D eigenvalue weighted by molar-refractivity contribution is 7.99. The first kappa shape index (κ1) is 17.2. The zero-order valence-electron chi connectivity index (χ0n) is 14.4. The molecule has 128 valence electrons. The van der Waals surface area contributed by atoms with Crippen LogP contribution in [0.3, 0.4) is 0 Å². The van der Waals surface area contributed by atoms with Crippen molar-refractivity contribution in [2.75, 3.05) is 11.1 Å². The van der Waals surface area contributed by atoms with Crippen LogP contribution in [0.4, 0.5) is 5.69 Å². The molecule has 0 atom stereocenters. The summed E-state index contributed by atoms with van der Waals surface area (Å²) in [6.45, 7) is 6.04. The first-order valence-electron chi connectivity index (χ1n) is 7.89. The molecule has 0 unspecified atom stereocenters. The molecule has 0 bridgehead atoms. The lowest BCUT2D eigenvalue weighted by Crippen LogP contribution is -2.14. The molecule has 1 aromatic heterocycles. The van der Waals surface area contributed by atoms with Gasteiger partial charge in [-0.05, 0) is 54.5 Å². The van der Waals surface area contributed by atoms with Crippen LogP contribution >= 0.6 is 11.8 Å². The van der Waals surface area contributed by atoms with Crippen LogP contribution in [-0.4, -0.2) is 31.9 Å². The Morgan fingerprint density at radius 2 is 1.76 bits per heavy atom. The SMILES string of the molecule is Cc1ccc(NC(=O)CSc2nnnn2-c2c(C)cccc2C)cc1. The fourth-order valence-corrected chi connectivity index (χ4v) is 3.19. The predicted molar refractivity (Wildman–Crippen MR) is 99.2 cm³/mol. The second-order valence-corrected chi connectivity index (χ2v) is 6.76. The number of rotatable bonds is 5. The van der Waals surface area contributed by atoms with E-state index in [1.54, 1.807) is 4.68 Å². The number of carbonyl (C=O) groups excluding carboxylic acids is 1. The summed E-state index contributed by atoms with van der Waals surface area (Å²) in [5.41, 5.74) is 5.05. The van der Waals surface area contributed by atoms with Crippen molar-refractivity contribution in [1.29, 1.82) is 0 Å². The van der Waals surface area contributed by atoms with Crippen LogP contribution in [0.5, 0.6) is 0 Å². The van der Waals surface area contributed by atoms with Crippen molar-refractivity contribution in [3.05, 3.63) is 59.2 Å². The van der Waals surface area contributed by atoms with Crippen LogP contribution in [0.25, 0.3) is 5.69 Å². The number of carbonyl (C=O) groups is 1. The molecule has 0 aliphatic rings. The number of benzene rings is 2. The number of thioether (sulfide) groups is 1. The molecule has 0 radical (unpaired) electrons. The summed E-state index contributed by atoms with van der Waals surface area (Å²) >= 11 is 1.31. The number of hydrogen-bond acceptors (Lipinski definition) is 5. The number of hydrogen-bond donors (Lipinski definition) is 1. The van der Waals surface area contributed by atoms with E-state index in [9.17, 15) is 4.79 Å². The van der Waals surface area contributed by atoms with Crippen LogP contribution in [0.2, 0.25) is 0 Å². The Morgan fingerprint density at radius 3 is 2.44 bits per heavy atom. The van der Waals surface area contributed by atoms with Gasteiger partial charge in [0, 0.05) is 5.69 Å². The number of aryl methyl sites for hydroxylation is 3. The Labute approximate surface area is 150 Å². The summed E-state index contributed by atoms with van der Waals surface area (Å²) in [5.74, 6) is 0.143. The van der Waals surface area contributed by atoms with Crippen molar-refractivity contribution in [2.24, 2.45) is 0 Å². The average molecular weight is 353 g/mol. The normalized spacial score (nSPS) is 10.7. The minimum Gasteiger partial charge on any atom is -0.325 e. The lowest BCUT2D eigenvalue weighted by Gasteiger charge is -2.10. The molecular formula is C18H19N5OS. The highest BCUT2D eigenvalue weighted by atomic mass is 32.2. The summed E-state index contributed by atoms with van der Waals surface area (Å²) < 4.78 is 1.69. The lowest BCUT2D eigenvalue weighted by molar-refractivity contribution is -0.113. The Morgan fingerprint density at radius 1 is 1.08 bits per heavy atom. The number of nitrogens with one attached hydrogen (secondary N) is 1. The monoisotopic (exact) mass is 353 g/mol. The molecule has 0 aliphatic carbocycles. The minimum atomic E-state index is -0.0927. The Balaban J connectivity index is 1.69. The van der Waals surface area contributed by atoms with E-state index in [4.69, 9.17) is 0 Å². The molecule has 0 spiro atoms. The number of anilines is 1. The topological polar surface area (TPSA) is 72.7 Å². The average Bonchev–Trinajstić information content (AvgIpc) is 3.03. The summed E-state index contributed by atoms with van der Waals surface area (Å²) in [5, 5.41) is 15.4. The van der Waals surface area contributed by atoms with Gasteiger partial charge in [0.15, 0.2) is 0 Å². The van der Waals surface area contributed by atoms with Crippen LogP contribution in [0.1, 0.15) is 16.7 Å². The summed E-state index contributed by atoms with van der Waals surface area (Å²) in [4.78, 5) is 12.2. The van der Waals surface area contributed by atoms with Gasteiger partial charge in [-0.15, -0.1) is 5.10 Å². The van der Waals surface area contributed by atoms with Crippen molar-refractivity contribution in [3.63, 3.8) is 0 Å². The molecule has 0 saturated carbocycles. The first-order chi connectivity index (χ1) is 12.0. The van der Waals surface area contributed by atoms with Gasteiger partial charge in [-0.25, -0.2) is 0 Å². The van der Waals surface area contributed by atoms with Gasteiger partial charge in [0.25, 0.3) is 0 Å². The fourth-order valence-electron chi connectivity index (χ4n) is 2.51. The molecule has 2 aromatic carbocycles. The molecule has 25 heavy (non-hydrogen) atoms. The molecule has 0 aliphatic heterocycles. The van der Waals surface area contributed by atoms with Crippen LogP contribution in [0, 0.1) is 20.8 Å². The molecule has 7 heteroatoms. The van der Waals surface area contributed by atoms with Crippen molar-refractivity contribution in [3.8, 4) is 5.69 Å². The van der Waals surface area contributed by atoms with E-state index in [0.717, 1.165) is 28.1 Å². The quantitative estimate of drug-likeness (QED) is 0.713. The molecule has 1 amide bonds. The van der Waals surface area contributed by atoms with Crippen molar-refractivity contribution in [1.82, 2.24) is 20.2 Å². The molecule has 1 N–H and O–H groups in total. The minimum absolute atomic E-state index is 0.0927.